The zero-order chi connectivity index (χ0) is 12.0. The Balaban J connectivity index is 2.31. The summed E-state index contributed by atoms with van der Waals surface area (Å²) in [6, 6.07) is 0.612. The van der Waals surface area contributed by atoms with Gasteiger partial charge in [0.1, 0.15) is 0 Å². The maximum Gasteiger partial charge on any atom is 0.0594 e. The van der Waals surface area contributed by atoms with E-state index in [1.165, 1.54) is 0 Å². The lowest BCUT2D eigenvalue weighted by molar-refractivity contribution is 0.0308. The summed E-state index contributed by atoms with van der Waals surface area (Å²) in [7, 11) is 0. The fraction of sp³-hybridized carbons (Fsp3) is 1.00. The molecule has 1 aliphatic rings. The van der Waals surface area contributed by atoms with Crippen LogP contribution in [0.25, 0.3) is 0 Å². The molecule has 1 rings (SSSR count). The lowest BCUT2D eigenvalue weighted by Gasteiger charge is -2.33. The van der Waals surface area contributed by atoms with E-state index in [0.717, 1.165) is 45.3 Å². The van der Waals surface area contributed by atoms with Crippen molar-refractivity contribution in [2.75, 3.05) is 39.4 Å². The average molecular weight is 228 g/mol. The Bertz CT molecular complexity index is 177. The molecule has 0 spiro atoms. The summed E-state index contributed by atoms with van der Waals surface area (Å²) in [5.74, 6) is 1.42. The molecule has 0 bridgehead atoms. The molecule has 1 unspecified atom stereocenters. The highest BCUT2D eigenvalue weighted by Crippen LogP contribution is 2.07. The molecule has 1 atom stereocenters. The van der Waals surface area contributed by atoms with Crippen molar-refractivity contribution >= 4 is 0 Å². The molecule has 96 valence electrons. The number of rotatable bonds is 6. The van der Waals surface area contributed by atoms with Gasteiger partial charge in [0.2, 0.25) is 0 Å². The smallest absolute Gasteiger partial charge is 0.0594 e. The maximum atomic E-state index is 5.38. The molecular formula is C13H28N2O. The lowest BCUT2D eigenvalue weighted by Crippen LogP contribution is -2.48. The van der Waals surface area contributed by atoms with Gasteiger partial charge >= 0.3 is 0 Å². The van der Waals surface area contributed by atoms with Gasteiger partial charge in [0.15, 0.2) is 0 Å². The van der Waals surface area contributed by atoms with Crippen molar-refractivity contribution in [1.82, 2.24) is 10.2 Å². The first-order valence-electron chi connectivity index (χ1n) is 6.63. The molecule has 1 saturated heterocycles. The van der Waals surface area contributed by atoms with Crippen LogP contribution in [0.5, 0.6) is 0 Å². The number of ether oxygens (including phenoxy) is 1. The second-order valence-corrected chi connectivity index (χ2v) is 5.57. The highest BCUT2D eigenvalue weighted by Gasteiger charge is 2.18. The van der Waals surface area contributed by atoms with Crippen molar-refractivity contribution in [3.05, 3.63) is 0 Å². The van der Waals surface area contributed by atoms with Crippen LogP contribution in [0.2, 0.25) is 0 Å². The van der Waals surface area contributed by atoms with Gasteiger partial charge in [-0.3, -0.25) is 4.90 Å². The first-order valence-corrected chi connectivity index (χ1v) is 6.63. The minimum Gasteiger partial charge on any atom is -0.379 e. The van der Waals surface area contributed by atoms with E-state index >= 15 is 0 Å². The van der Waals surface area contributed by atoms with Crippen molar-refractivity contribution in [2.24, 2.45) is 11.8 Å². The zero-order valence-corrected chi connectivity index (χ0v) is 11.3. The third kappa shape index (κ3) is 5.28. The van der Waals surface area contributed by atoms with Crippen LogP contribution in [0.4, 0.5) is 0 Å². The summed E-state index contributed by atoms with van der Waals surface area (Å²) in [6.45, 7) is 15.4. The van der Waals surface area contributed by atoms with Gasteiger partial charge in [-0.1, -0.05) is 27.7 Å². The van der Waals surface area contributed by atoms with E-state index in [1.807, 2.05) is 0 Å². The summed E-state index contributed by atoms with van der Waals surface area (Å²) < 4.78 is 5.38. The average Bonchev–Trinajstić information content (AvgIpc) is 2.25. The summed E-state index contributed by atoms with van der Waals surface area (Å²) in [4.78, 5) is 2.52. The van der Waals surface area contributed by atoms with Crippen LogP contribution in [0.15, 0.2) is 0 Å². The SMILES string of the molecule is CC(C)CNC(CN1CCOCC1)C(C)C. The van der Waals surface area contributed by atoms with Gasteiger partial charge in [0, 0.05) is 25.7 Å². The predicted octanol–water partition coefficient (Wildman–Crippen LogP) is 1.59. The molecule has 0 radical (unpaired) electrons. The summed E-state index contributed by atoms with van der Waals surface area (Å²) in [5.41, 5.74) is 0. The van der Waals surface area contributed by atoms with Gasteiger partial charge in [-0.25, -0.2) is 0 Å². The molecule has 16 heavy (non-hydrogen) atoms. The van der Waals surface area contributed by atoms with E-state index in [4.69, 9.17) is 4.74 Å². The van der Waals surface area contributed by atoms with Crippen LogP contribution in [-0.4, -0.2) is 50.3 Å². The van der Waals surface area contributed by atoms with E-state index in [-0.39, 0.29) is 0 Å². The highest BCUT2D eigenvalue weighted by molar-refractivity contribution is 4.76. The highest BCUT2D eigenvalue weighted by atomic mass is 16.5. The zero-order valence-electron chi connectivity index (χ0n) is 11.3. The Labute approximate surface area is 101 Å². The van der Waals surface area contributed by atoms with E-state index in [1.54, 1.807) is 0 Å². The van der Waals surface area contributed by atoms with Gasteiger partial charge in [-0.05, 0) is 18.4 Å². The molecule has 3 heteroatoms. The number of hydrogen-bond acceptors (Lipinski definition) is 3. The topological polar surface area (TPSA) is 24.5 Å². The van der Waals surface area contributed by atoms with Crippen LogP contribution in [0, 0.1) is 11.8 Å². The quantitative estimate of drug-likeness (QED) is 0.747. The summed E-state index contributed by atoms with van der Waals surface area (Å²) in [6.07, 6.45) is 0. The van der Waals surface area contributed by atoms with E-state index in [9.17, 15) is 0 Å². The maximum absolute atomic E-state index is 5.38. The third-order valence-electron chi connectivity index (χ3n) is 3.15. The van der Waals surface area contributed by atoms with Crippen LogP contribution < -0.4 is 5.32 Å². The van der Waals surface area contributed by atoms with Gasteiger partial charge < -0.3 is 10.1 Å². The lowest BCUT2D eigenvalue weighted by atomic mass is 10.0. The van der Waals surface area contributed by atoms with Crippen LogP contribution in [-0.2, 0) is 4.74 Å². The van der Waals surface area contributed by atoms with Gasteiger partial charge in [-0.15, -0.1) is 0 Å². The van der Waals surface area contributed by atoms with Gasteiger partial charge in [0.05, 0.1) is 13.2 Å². The minimum absolute atomic E-state index is 0.612. The third-order valence-corrected chi connectivity index (χ3v) is 3.15. The molecule has 1 aliphatic heterocycles. The Morgan fingerprint density at radius 3 is 2.25 bits per heavy atom. The number of nitrogens with zero attached hydrogens (tertiary/aromatic N) is 1. The fourth-order valence-electron chi connectivity index (χ4n) is 1.96. The van der Waals surface area contributed by atoms with Crippen LogP contribution >= 0.6 is 0 Å². The van der Waals surface area contributed by atoms with Crippen LogP contribution in [0.1, 0.15) is 27.7 Å². The van der Waals surface area contributed by atoms with Gasteiger partial charge in [0.25, 0.3) is 0 Å². The molecule has 1 N–H and O–H groups in total. The Kier molecular flexibility index (Phi) is 6.32. The van der Waals surface area contributed by atoms with E-state index in [2.05, 4.69) is 37.9 Å². The first-order chi connectivity index (χ1) is 7.59. The molecule has 0 aromatic heterocycles. The Morgan fingerprint density at radius 1 is 1.12 bits per heavy atom. The Morgan fingerprint density at radius 2 is 1.75 bits per heavy atom. The monoisotopic (exact) mass is 228 g/mol. The van der Waals surface area contributed by atoms with Crippen molar-refractivity contribution in [3.8, 4) is 0 Å². The molecule has 0 saturated carbocycles. The number of nitrogens with one attached hydrogen (secondary N) is 1. The fourth-order valence-corrected chi connectivity index (χ4v) is 1.96. The molecule has 0 aliphatic carbocycles. The minimum atomic E-state index is 0.612. The molecule has 0 aromatic carbocycles. The van der Waals surface area contributed by atoms with E-state index in [0.29, 0.717) is 12.0 Å². The predicted molar refractivity (Wildman–Crippen MR) is 68.7 cm³/mol. The molecule has 0 aromatic rings. The number of morpholine rings is 1. The van der Waals surface area contributed by atoms with Crippen molar-refractivity contribution in [2.45, 2.75) is 33.7 Å². The summed E-state index contributed by atoms with van der Waals surface area (Å²) >= 11 is 0. The van der Waals surface area contributed by atoms with Crippen molar-refractivity contribution in [1.29, 1.82) is 0 Å². The van der Waals surface area contributed by atoms with Gasteiger partial charge in [-0.2, -0.15) is 0 Å². The molecular weight excluding hydrogens is 200 g/mol. The molecule has 3 nitrogen and oxygen atoms in total. The first kappa shape index (κ1) is 13.9. The summed E-state index contributed by atoms with van der Waals surface area (Å²) in [5, 5.41) is 3.68. The second-order valence-electron chi connectivity index (χ2n) is 5.57. The van der Waals surface area contributed by atoms with Crippen molar-refractivity contribution < 1.29 is 4.74 Å². The van der Waals surface area contributed by atoms with Crippen molar-refractivity contribution in [3.63, 3.8) is 0 Å². The van der Waals surface area contributed by atoms with E-state index < -0.39 is 0 Å². The number of hydrogen-bond donors (Lipinski definition) is 1. The molecule has 1 fully saturated rings. The Hall–Kier alpha value is -0.120. The largest absolute Gasteiger partial charge is 0.379 e. The van der Waals surface area contributed by atoms with Crippen LogP contribution in [0.3, 0.4) is 0 Å². The normalized spacial score (nSPS) is 20.6. The molecule has 0 amide bonds. The molecule has 1 heterocycles. The second kappa shape index (κ2) is 7.25. The standard InChI is InChI=1S/C13H28N2O/c1-11(2)9-14-13(12(3)4)10-15-5-7-16-8-6-15/h11-14H,5-10H2,1-4H3.